The maximum Gasteiger partial charge on any atom is 0.259 e. The van der Waals surface area contributed by atoms with Crippen molar-refractivity contribution in [2.24, 2.45) is 16.6 Å². The van der Waals surface area contributed by atoms with Crippen molar-refractivity contribution in [2.75, 3.05) is 20.8 Å². The minimum Gasteiger partial charge on any atom is -0.382 e. The SMILES string of the molecule is COCC1(CC2CCCCC2)N=C(N)N(C)C1=O. The summed E-state index contributed by atoms with van der Waals surface area (Å²) in [6.07, 6.45) is 6.99. The highest BCUT2D eigenvalue weighted by molar-refractivity contribution is 6.06. The van der Waals surface area contributed by atoms with Crippen molar-refractivity contribution in [2.45, 2.75) is 44.1 Å². The van der Waals surface area contributed by atoms with Crippen LogP contribution >= 0.6 is 0 Å². The molecule has 1 amide bonds. The lowest BCUT2D eigenvalue weighted by Crippen LogP contribution is -2.46. The fourth-order valence-corrected chi connectivity index (χ4v) is 3.15. The van der Waals surface area contributed by atoms with Gasteiger partial charge in [-0.1, -0.05) is 32.1 Å². The Morgan fingerprint density at radius 3 is 2.61 bits per heavy atom. The van der Waals surface area contributed by atoms with Crippen molar-refractivity contribution in [1.29, 1.82) is 0 Å². The molecular formula is C13H23N3O2. The average Bonchev–Trinajstić information content (AvgIpc) is 2.56. The zero-order valence-corrected chi connectivity index (χ0v) is 11.3. The van der Waals surface area contributed by atoms with E-state index in [2.05, 4.69) is 4.99 Å². The molecule has 2 rings (SSSR count). The summed E-state index contributed by atoms with van der Waals surface area (Å²) in [6, 6.07) is 0. The van der Waals surface area contributed by atoms with Gasteiger partial charge in [-0.05, 0) is 12.3 Å². The smallest absolute Gasteiger partial charge is 0.259 e. The summed E-state index contributed by atoms with van der Waals surface area (Å²) in [6.45, 7) is 0.327. The van der Waals surface area contributed by atoms with Gasteiger partial charge in [-0.2, -0.15) is 0 Å². The van der Waals surface area contributed by atoms with E-state index in [4.69, 9.17) is 10.5 Å². The van der Waals surface area contributed by atoms with Gasteiger partial charge in [0.2, 0.25) is 0 Å². The third kappa shape index (κ3) is 2.36. The van der Waals surface area contributed by atoms with Crippen LogP contribution in [0.4, 0.5) is 0 Å². The molecule has 0 bridgehead atoms. The number of hydrogen-bond acceptors (Lipinski definition) is 4. The third-order valence-corrected chi connectivity index (χ3v) is 4.11. The van der Waals surface area contributed by atoms with E-state index < -0.39 is 5.54 Å². The molecule has 0 aromatic rings. The van der Waals surface area contributed by atoms with E-state index in [0.29, 0.717) is 18.5 Å². The molecule has 1 aliphatic heterocycles. The number of aliphatic imine (C=N–C) groups is 1. The maximum absolute atomic E-state index is 12.4. The zero-order valence-electron chi connectivity index (χ0n) is 11.3. The first-order valence-electron chi connectivity index (χ1n) is 6.71. The predicted octanol–water partition coefficient (Wildman–Crippen LogP) is 1.13. The molecule has 2 N–H and O–H groups in total. The van der Waals surface area contributed by atoms with Crippen molar-refractivity contribution in [1.82, 2.24) is 4.90 Å². The molecule has 5 nitrogen and oxygen atoms in total. The molecule has 5 heteroatoms. The number of nitrogens with zero attached hydrogens (tertiary/aromatic N) is 2. The lowest BCUT2D eigenvalue weighted by atomic mass is 9.79. The van der Waals surface area contributed by atoms with Gasteiger partial charge >= 0.3 is 0 Å². The third-order valence-electron chi connectivity index (χ3n) is 4.11. The van der Waals surface area contributed by atoms with Crippen LogP contribution in [0.5, 0.6) is 0 Å². The van der Waals surface area contributed by atoms with Crippen LogP contribution in [0.2, 0.25) is 0 Å². The second kappa shape index (κ2) is 5.26. The van der Waals surface area contributed by atoms with Crippen LogP contribution in [0.1, 0.15) is 38.5 Å². The van der Waals surface area contributed by atoms with Gasteiger partial charge in [0.1, 0.15) is 0 Å². The minimum atomic E-state index is -0.768. The van der Waals surface area contributed by atoms with E-state index in [1.165, 1.54) is 37.0 Å². The Balaban J connectivity index is 2.14. The summed E-state index contributed by atoms with van der Waals surface area (Å²) >= 11 is 0. The molecule has 2 aliphatic rings. The highest BCUT2D eigenvalue weighted by atomic mass is 16.5. The zero-order chi connectivity index (χ0) is 13.2. The molecule has 1 heterocycles. The Kier molecular flexibility index (Phi) is 3.90. The number of carbonyl (C=O) groups excluding carboxylic acids is 1. The average molecular weight is 253 g/mol. The standard InChI is InChI=1S/C13H23N3O2/c1-16-11(17)13(9-18-2,15-12(16)14)8-10-6-4-3-5-7-10/h10H,3-9H2,1-2H3,(H2,14,15). The second-order valence-corrected chi connectivity index (χ2v) is 5.51. The van der Waals surface area contributed by atoms with Crippen LogP contribution < -0.4 is 5.73 Å². The second-order valence-electron chi connectivity index (χ2n) is 5.51. The number of ether oxygens (including phenoxy) is 1. The number of guanidine groups is 1. The van der Waals surface area contributed by atoms with Gasteiger partial charge in [-0.15, -0.1) is 0 Å². The molecule has 1 unspecified atom stereocenters. The van der Waals surface area contributed by atoms with Gasteiger partial charge in [0.25, 0.3) is 5.91 Å². The molecule has 0 spiro atoms. The molecule has 102 valence electrons. The largest absolute Gasteiger partial charge is 0.382 e. The summed E-state index contributed by atoms with van der Waals surface area (Å²) in [7, 11) is 3.29. The van der Waals surface area contributed by atoms with Crippen molar-refractivity contribution < 1.29 is 9.53 Å². The lowest BCUT2D eigenvalue weighted by Gasteiger charge is -2.30. The quantitative estimate of drug-likeness (QED) is 0.816. The van der Waals surface area contributed by atoms with E-state index in [0.717, 1.165) is 6.42 Å². The number of methoxy groups -OCH3 is 1. The minimum absolute atomic E-state index is 0.0209. The predicted molar refractivity (Wildman–Crippen MR) is 70.2 cm³/mol. The summed E-state index contributed by atoms with van der Waals surface area (Å²) in [5, 5.41) is 0. The number of hydrogen-bond donors (Lipinski definition) is 1. The molecule has 1 fully saturated rings. The maximum atomic E-state index is 12.4. The lowest BCUT2D eigenvalue weighted by molar-refractivity contribution is -0.133. The molecule has 1 aliphatic carbocycles. The summed E-state index contributed by atoms with van der Waals surface area (Å²) in [4.78, 5) is 18.2. The topological polar surface area (TPSA) is 67.9 Å². The van der Waals surface area contributed by atoms with Gasteiger partial charge < -0.3 is 10.5 Å². The molecule has 0 saturated heterocycles. The Bertz CT molecular complexity index is 350. The molecular weight excluding hydrogens is 230 g/mol. The van der Waals surface area contributed by atoms with Crippen molar-refractivity contribution in [3.8, 4) is 0 Å². The molecule has 0 aromatic carbocycles. The first-order chi connectivity index (χ1) is 8.59. The number of rotatable bonds is 4. The molecule has 0 radical (unpaired) electrons. The molecule has 0 aromatic heterocycles. The Morgan fingerprint density at radius 2 is 2.11 bits per heavy atom. The summed E-state index contributed by atoms with van der Waals surface area (Å²) < 4.78 is 5.23. The van der Waals surface area contributed by atoms with Crippen LogP contribution in [0.3, 0.4) is 0 Å². The molecule has 1 atom stereocenters. The van der Waals surface area contributed by atoms with E-state index in [-0.39, 0.29) is 5.91 Å². The van der Waals surface area contributed by atoms with Crippen LogP contribution in [0.25, 0.3) is 0 Å². The van der Waals surface area contributed by atoms with Gasteiger partial charge in [0.05, 0.1) is 6.61 Å². The van der Waals surface area contributed by atoms with E-state index in [9.17, 15) is 4.79 Å². The molecule has 18 heavy (non-hydrogen) atoms. The first-order valence-corrected chi connectivity index (χ1v) is 6.71. The Hall–Kier alpha value is -1.10. The van der Waals surface area contributed by atoms with Crippen LogP contribution in [-0.2, 0) is 9.53 Å². The van der Waals surface area contributed by atoms with Gasteiger partial charge in [-0.3, -0.25) is 9.69 Å². The fourth-order valence-electron chi connectivity index (χ4n) is 3.15. The Labute approximate surface area is 108 Å². The molecule has 1 saturated carbocycles. The first kappa shape index (κ1) is 13.3. The fraction of sp³-hybridized carbons (Fsp3) is 0.846. The van der Waals surface area contributed by atoms with Gasteiger partial charge in [0.15, 0.2) is 11.5 Å². The number of nitrogens with two attached hydrogens (primary N) is 1. The van der Waals surface area contributed by atoms with E-state index in [1.807, 2.05) is 0 Å². The van der Waals surface area contributed by atoms with Gasteiger partial charge in [-0.25, -0.2) is 4.99 Å². The van der Waals surface area contributed by atoms with Crippen molar-refractivity contribution in [3.63, 3.8) is 0 Å². The monoisotopic (exact) mass is 253 g/mol. The number of likely N-dealkylation sites (N-methyl/N-ethyl adjacent to an activating group) is 1. The summed E-state index contributed by atoms with van der Waals surface area (Å²) in [5.74, 6) is 0.862. The van der Waals surface area contributed by atoms with E-state index in [1.54, 1.807) is 14.2 Å². The highest BCUT2D eigenvalue weighted by Gasteiger charge is 2.47. The highest BCUT2D eigenvalue weighted by Crippen LogP contribution is 2.35. The van der Waals surface area contributed by atoms with Crippen molar-refractivity contribution in [3.05, 3.63) is 0 Å². The normalized spacial score (nSPS) is 29.8. The summed E-state index contributed by atoms with van der Waals surface area (Å²) in [5.41, 5.74) is 5.01. The van der Waals surface area contributed by atoms with Crippen LogP contribution in [0.15, 0.2) is 4.99 Å². The number of carbonyl (C=O) groups is 1. The number of amides is 1. The van der Waals surface area contributed by atoms with Crippen molar-refractivity contribution >= 4 is 11.9 Å². The van der Waals surface area contributed by atoms with Crippen LogP contribution in [-0.4, -0.2) is 43.1 Å². The van der Waals surface area contributed by atoms with Crippen LogP contribution in [0, 0.1) is 5.92 Å². The van der Waals surface area contributed by atoms with Gasteiger partial charge in [0, 0.05) is 14.2 Å². The van der Waals surface area contributed by atoms with E-state index >= 15 is 0 Å². The Morgan fingerprint density at radius 1 is 1.44 bits per heavy atom.